The third-order valence-electron chi connectivity index (χ3n) is 0. The van der Waals surface area contributed by atoms with Crippen molar-refractivity contribution in [1.82, 2.24) is 0 Å². The molecule has 0 radical (unpaired) electrons. The molecule has 0 aliphatic rings. The maximum atomic E-state index is 5.00. The van der Waals surface area contributed by atoms with Crippen LogP contribution in [-0.4, -0.2) is 0 Å². The van der Waals surface area contributed by atoms with Gasteiger partial charge in [-0.05, 0) is 0 Å². The van der Waals surface area contributed by atoms with E-state index in [4.69, 9.17) is 25.5 Å². The van der Waals surface area contributed by atoms with Crippen LogP contribution in [0, 0.1) is 0 Å². The Hall–Kier alpha value is 1.75. The van der Waals surface area contributed by atoms with Gasteiger partial charge in [0.15, 0.2) is 0 Å². The Kier molecular flexibility index (Phi) is 17.6. The van der Waals surface area contributed by atoms with E-state index in [0.29, 0.717) is 0 Å². The minimum Gasteiger partial charge on any atom is -1.00 e. The molecule has 0 aromatic rings. The summed E-state index contributed by atoms with van der Waals surface area (Å²) in [5.74, 6) is 0. The van der Waals surface area contributed by atoms with Gasteiger partial charge in [0, 0.05) is 0 Å². The third kappa shape index (κ3) is 42.3. The Morgan fingerprint density at radius 1 is 1.17 bits per heavy atom. The average Bonchev–Trinajstić information content (AvgIpc) is 1.41. The van der Waals surface area contributed by atoms with Crippen molar-refractivity contribution in [3.63, 3.8) is 0 Å². The minimum atomic E-state index is -2.13. The van der Waals surface area contributed by atoms with Gasteiger partial charge in [-0.25, -0.2) is 0 Å². The zero-order valence-electron chi connectivity index (χ0n) is 4.63. The summed E-state index contributed by atoms with van der Waals surface area (Å²) in [5.41, 5.74) is 0. The summed E-state index contributed by atoms with van der Waals surface area (Å²) in [6.45, 7) is 4.00. The van der Waals surface area contributed by atoms with E-state index in [1.165, 1.54) is 0 Å². The van der Waals surface area contributed by atoms with E-state index >= 15 is 0 Å². The van der Waals surface area contributed by atoms with Gasteiger partial charge in [0.25, 0.3) is 0 Å². The van der Waals surface area contributed by atoms with E-state index in [2.05, 4.69) is 0 Å². The van der Waals surface area contributed by atoms with Crippen LogP contribution in [0.5, 0.6) is 0 Å². The van der Waals surface area contributed by atoms with Gasteiger partial charge in [-0.2, -0.15) is 0 Å². The van der Waals surface area contributed by atoms with E-state index in [0.717, 1.165) is 0 Å². The van der Waals surface area contributed by atoms with Gasteiger partial charge < -0.3 is 1.43 Å². The van der Waals surface area contributed by atoms with Gasteiger partial charge in [0.2, 0.25) is 0 Å². The molecule has 0 N–H and O–H groups in total. The van der Waals surface area contributed by atoms with Crippen LogP contribution in [0.1, 0.15) is 15.3 Å². The summed E-state index contributed by atoms with van der Waals surface area (Å²) in [6, 6.07) is 0. The fourth-order valence-corrected chi connectivity index (χ4v) is 0. The minimum absolute atomic E-state index is 0. The molecule has 0 rings (SSSR count). The van der Waals surface area contributed by atoms with Crippen molar-refractivity contribution in [3.8, 4) is 0 Å². The smallest absolute Gasteiger partial charge is 1.00 e. The second-order valence-electron chi connectivity index (χ2n) is 0.214. The zero-order valence-corrected chi connectivity index (χ0v) is 8.36. The van der Waals surface area contributed by atoms with Crippen LogP contribution in [0.3, 0.4) is 0 Å². The molecule has 0 atom stereocenters. The standard InChI is InChI=1S/C2H6.3ClH.Zr.H/c1-2;;;;;/h1-2H3;3*1H;;/q;;;;+4;-1/p-3. The molecular weight excluding hydrogens is 222 g/mol. The summed E-state index contributed by atoms with van der Waals surface area (Å²) in [6.07, 6.45) is 0. The molecule has 0 saturated heterocycles. The van der Waals surface area contributed by atoms with Gasteiger partial charge >= 0.3 is 43.7 Å². The van der Waals surface area contributed by atoms with Crippen LogP contribution in [-0.2, 0) is 18.2 Å². The predicted molar refractivity (Wildman–Crippen MR) is 30.0 cm³/mol. The fourth-order valence-electron chi connectivity index (χ4n) is 0. The van der Waals surface area contributed by atoms with Crippen molar-refractivity contribution in [2.75, 3.05) is 0 Å². The van der Waals surface area contributed by atoms with Crippen molar-refractivity contribution in [2.45, 2.75) is 13.8 Å². The first-order valence-corrected chi connectivity index (χ1v) is 11.1. The topological polar surface area (TPSA) is 0 Å². The molecule has 0 fully saturated rings. The molecule has 6 heavy (non-hydrogen) atoms. The SMILES string of the molecule is CC.[Cl][Zr+]([Cl])[Cl].[H-]. The first kappa shape index (κ1) is 10.7. The molecule has 0 aromatic heterocycles. The Balaban J connectivity index is -0.0000000480. The Bertz CT molecular complexity index is 17.7. The first-order chi connectivity index (χ1) is 2.73. The van der Waals surface area contributed by atoms with E-state index in [-0.39, 0.29) is 1.43 Å². The molecule has 0 saturated carbocycles. The summed E-state index contributed by atoms with van der Waals surface area (Å²) in [4.78, 5) is 0. The molecule has 4 heteroatoms. The van der Waals surface area contributed by atoms with Gasteiger partial charge in [-0.1, -0.05) is 13.8 Å². The monoisotopic (exact) mass is 226 g/mol. The van der Waals surface area contributed by atoms with Crippen LogP contribution in [0.2, 0.25) is 0 Å². The van der Waals surface area contributed by atoms with Crippen LogP contribution in [0.4, 0.5) is 0 Å². The van der Waals surface area contributed by atoms with Gasteiger partial charge in [-0.15, -0.1) is 0 Å². The second kappa shape index (κ2) is 9.89. The summed E-state index contributed by atoms with van der Waals surface area (Å²) in [5, 5.41) is 0. The van der Waals surface area contributed by atoms with Crippen LogP contribution in [0.25, 0.3) is 0 Å². The molecule has 0 aliphatic carbocycles. The molecular formula is C2H7Cl3Zr. The number of hydrogen-bond acceptors (Lipinski definition) is 0. The number of rotatable bonds is 0. The van der Waals surface area contributed by atoms with Crippen molar-refractivity contribution in [1.29, 1.82) is 0 Å². The Labute approximate surface area is 58.6 Å². The van der Waals surface area contributed by atoms with Gasteiger partial charge in [0.1, 0.15) is 0 Å². The van der Waals surface area contributed by atoms with Crippen LogP contribution < -0.4 is 0 Å². The summed E-state index contributed by atoms with van der Waals surface area (Å²) >= 11 is -2.13. The largest absolute Gasteiger partial charge is 1.00 e. The quantitative estimate of drug-likeness (QED) is 0.597. The van der Waals surface area contributed by atoms with E-state index in [9.17, 15) is 0 Å². The van der Waals surface area contributed by atoms with Crippen molar-refractivity contribution < 1.29 is 19.6 Å². The maximum absolute atomic E-state index is 5.00. The van der Waals surface area contributed by atoms with E-state index < -0.39 is 18.2 Å². The molecule has 0 unspecified atom stereocenters. The second-order valence-corrected chi connectivity index (χ2v) is 11.4. The summed E-state index contributed by atoms with van der Waals surface area (Å²) < 4.78 is 0. The Morgan fingerprint density at radius 3 is 1.17 bits per heavy atom. The molecule has 0 aliphatic heterocycles. The number of halogens is 3. The van der Waals surface area contributed by atoms with Crippen molar-refractivity contribution >= 4 is 25.5 Å². The molecule has 0 amide bonds. The van der Waals surface area contributed by atoms with Crippen LogP contribution >= 0.6 is 25.5 Å². The zero-order chi connectivity index (χ0) is 5.58. The average molecular weight is 229 g/mol. The van der Waals surface area contributed by atoms with E-state index in [1.807, 2.05) is 13.8 Å². The molecule has 0 aromatic carbocycles. The molecule has 0 spiro atoms. The van der Waals surface area contributed by atoms with Gasteiger partial charge in [0.05, 0.1) is 0 Å². The Morgan fingerprint density at radius 2 is 1.17 bits per heavy atom. The maximum Gasteiger partial charge on any atom is -1.00 e. The molecule has 0 nitrogen and oxygen atoms in total. The van der Waals surface area contributed by atoms with Crippen molar-refractivity contribution in [3.05, 3.63) is 0 Å². The first-order valence-electron chi connectivity index (χ1n) is 1.57. The third-order valence-corrected chi connectivity index (χ3v) is 0. The fraction of sp³-hybridized carbons (Fsp3) is 1.00. The predicted octanol–water partition coefficient (Wildman–Crippen LogP) is 3.20. The van der Waals surface area contributed by atoms with E-state index in [1.54, 1.807) is 0 Å². The normalized spacial score (nSPS) is 5.50. The molecule has 0 bridgehead atoms. The van der Waals surface area contributed by atoms with Crippen LogP contribution in [0.15, 0.2) is 0 Å². The number of hydrogen-bond donors (Lipinski definition) is 0. The molecule has 40 valence electrons. The molecule has 0 heterocycles. The van der Waals surface area contributed by atoms with Crippen molar-refractivity contribution in [2.24, 2.45) is 0 Å². The van der Waals surface area contributed by atoms with Gasteiger partial charge in [-0.3, -0.25) is 0 Å². The summed E-state index contributed by atoms with van der Waals surface area (Å²) in [7, 11) is 15.0.